The largest absolute Gasteiger partial charge is 0.423 e. The molecule has 0 atom stereocenters. The van der Waals surface area contributed by atoms with E-state index in [9.17, 15) is 24.0 Å². The van der Waals surface area contributed by atoms with Crippen LogP contribution in [0.2, 0.25) is 0 Å². The summed E-state index contributed by atoms with van der Waals surface area (Å²) >= 11 is 0. The molecule has 0 aromatic heterocycles. The van der Waals surface area contributed by atoms with Gasteiger partial charge in [0.1, 0.15) is 5.75 Å². The molecular weight excluding hydrogens is 719 g/mol. The van der Waals surface area contributed by atoms with E-state index in [-0.39, 0.29) is 23.6 Å². The van der Waals surface area contributed by atoms with Crippen molar-refractivity contribution < 1.29 is 28.7 Å². The number of ether oxygens (including phenoxy) is 1. The smallest absolute Gasteiger partial charge is 0.343 e. The van der Waals surface area contributed by atoms with Crippen LogP contribution in [-0.2, 0) is 0 Å². The van der Waals surface area contributed by atoms with Crippen LogP contribution in [0.4, 0.5) is 28.4 Å². The third kappa shape index (κ3) is 8.90. The fourth-order valence-electron chi connectivity index (χ4n) is 5.98. The van der Waals surface area contributed by atoms with E-state index in [1.54, 1.807) is 162 Å². The zero-order valence-electron chi connectivity index (χ0n) is 32.2. The first-order valence-corrected chi connectivity index (χ1v) is 18.0. The number of carbonyl (C=O) groups excluding carboxylic acids is 5. The number of amides is 4. The number of carbonyl (C=O) groups is 5. The summed E-state index contributed by atoms with van der Waals surface area (Å²) in [7, 11) is 8.44. The molecule has 0 saturated heterocycles. The summed E-state index contributed by atoms with van der Waals surface area (Å²) in [4.78, 5) is 71.6. The molecule has 6 aromatic rings. The van der Waals surface area contributed by atoms with E-state index in [4.69, 9.17) is 4.74 Å². The highest BCUT2D eigenvalue weighted by atomic mass is 16.5. The second-order valence-corrected chi connectivity index (χ2v) is 13.2. The maximum atomic E-state index is 13.4. The molecule has 6 aromatic carbocycles. The molecule has 6 rings (SSSR count). The number of nitrogens with one attached hydrogen (secondary N) is 1. The summed E-state index contributed by atoms with van der Waals surface area (Å²) < 4.78 is 5.39. The Labute approximate surface area is 331 Å². The van der Waals surface area contributed by atoms with E-state index >= 15 is 0 Å². The molecule has 0 bridgehead atoms. The second kappa shape index (κ2) is 17.3. The van der Waals surface area contributed by atoms with E-state index in [1.165, 1.54) is 19.6 Å². The lowest BCUT2D eigenvalue weighted by atomic mass is 10.1. The number of hydrogen-bond donors (Lipinski definition) is 1. The monoisotopic (exact) mass is 759 g/mol. The number of hydrogen-bond acceptors (Lipinski definition) is 7. The van der Waals surface area contributed by atoms with Crippen molar-refractivity contribution in [1.29, 1.82) is 0 Å². The maximum absolute atomic E-state index is 13.4. The number of para-hydroxylation sites is 1. The molecule has 57 heavy (non-hydrogen) atoms. The minimum Gasteiger partial charge on any atom is -0.423 e. The first-order chi connectivity index (χ1) is 27.4. The summed E-state index contributed by atoms with van der Waals surface area (Å²) in [6.45, 7) is 0. The molecule has 0 radical (unpaired) electrons. The summed E-state index contributed by atoms with van der Waals surface area (Å²) in [6.07, 6.45) is 0. The predicted molar refractivity (Wildman–Crippen MR) is 224 cm³/mol. The van der Waals surface area contributed by atoms with Crippen LogP contribution < -0.4 is 29.7 Å². The number of rotatable bonds is 11. The minimum absolute atomic E-state index is 0.171. The summed E-state index contributed by atoms with van der Waals surface area (Å²) in [6, 6.07) is 42.8. The van der Waals surface area contributed by atoms with Crippen LogP contribution in [0.15, 0.2) is 152 Å². The Bertz CT molecular complexity index is 2380. The molecule has 4 amide bonds. The lowest BCUT2D eigenvalue weighted by molar-refractivity contribution is 0.0734. The van der Waals surface area contributed by atoms with Crippen molar-refractivity contribution in [3.8, 4) is 5.75 Å². The van der Waals surface area contributed by atoms with Crippen LogP contribution in [0.25, 0.3) is 0 Å². The van der Waals surface area contributed by atoms with Crippen molar-refractivity contribution in [2.24, 2.45) is 0 Å². The van der Waals surface area contributed by atoms with Gasteiger partial charge in [0.05, 0.1) is 5.56 Å². The van der Waals surface area contributed by atoms with E-state index in [0.717, 1.165) is 5.69 Å². The molecule has 0 heterocycles. The predicted octanol–water partition coefficient (Wildman–Crippen LogP) is 8.05. The minimum atomic E-state index is -0.500. The highest BCUT2D eigenvalue weighted by molar-refractivity contribution is 6.10. The van der Waals surface area contributed by atoms with Crippen LogP contribution in [0.5, 0.6) is 5.75 Å². The van der Waals surface area contributed by atoms with Gasteiger partial charge >= 0.3 is 5.97 Å². The molecule has 0 aliphatic heterocycles. The molecule has 0 aliphatic rings. The number of benzene rings is 6. The van der Waals surface area contributed by atoms with Crippen molar-refractivity contribution in [2.45, 2.75) is 0 Å². The summed E-state index contributed by atoms with van der Waals surface area (Å²) in [5, 5.41) is 3.03. The molecule has 0 saturated carbocycles. The van der Waals surface area contributed by atoms with Gasteiger partial charge in [0.25, 0.3) is 23.6 Å². The number of esters is 1. The zero-order valence-corrected chi connectivity index (χ0v) is 32.2. The van der Waals surface area contributed by atoms with Crippen molar-refractivity contribution >= 4 is 58.0 Å². The van der Waals surface area contributed by atoms with E-state index < -0.39 is 5.97 Å². The van der Waals surface area contributed by atoms with Gasteiger partial charge in [0.15, 0.2) is 0 Å². The first-order valence-electron chi connectivity index (χ1n) is 18.0. The molecule has 11 heteroatoms. The Morgan fingerprint density at radius 1 is 0.386 bits per heavy atom. The Morgan fingerprint density at radius 2 is 0.667 bits per heavy atom. The first kappa shape index (κ1) is 39.2. The highest BCUT2D eigenvalue weighted by Crippen LogP contribution is 2.24. The van der Waals surface area contributed by atoms with Gasteiger partial charge in [-0.25, -0.2) is 4.79 Å². The molecule has 286 valence electrons. The van der Waals surface area contributed by atoms with Gasteiger partial charge in [0, 0.05) is 85.9 Å². The average molecular weight is 760 g/mol. The van der Waals surface area contributed by atoms with Crippen LogP contribution in [0.1, 0.15) is 51.8 Å². The summed E-state index contributed by atoms with van der Waals surface area (Å²) in [5.74, 6) is -1.03. The van der Waals surface area contributed by atoms with Crippen LogP contribution in [-0.4, -0.2) is 64.8 Å². The lowest BCUT2D eigenvalue weighted by Gasteiger charge is -2.21. The van der Waals surface area contributed by atoms with Gasteiger partial charge in [0.2, 0.25) is 0 Å². The van der Waals surface area contributed by atoms with Gasteiger partial charge in [-0.2, -0.15) is 0 Å². The van der Waals surface area contributed by atoms with Crippen molar-refractivity contribution in [1.82, 2.24) is 0 Å². The lowest BCUT2D eigenvalue weighted by Crippen LogP contribution is -2.28. The Morgan fingerprint density at radius 3 is 0.965 bits per heavy atom. The SMILES string of the molecule is CNc1ccc(C(=O)N(C)c2ccc(C(=O)N(C)c3ccc(C(=O)N(C)c4ccc(C(=O)N(C)c5ccc(C(=O)Oc6ccccc6)cc5)cc4)cc3)cc2)cc1. The van der Waals surface area contributed by atoms with Crippen molar-refractivity contribution in [3.63, 3.8) is 0 Å². The molecular formula is C46H41N5O6. The van der Waals surface area contributed by atoms with Crippen molar-refractivity contribution in [2.75, 3.05) is 60.2 Å². The maximum Gasteiger partial charge on any atom is 0.343 e. The standard InChI is InChI=1S/C46H41N5O6/c1-47-36-21-11-31(12-22-36)42(52)48(2)37-23-13-32(14-24-37)43(53)49(3)38-25-15-33(16-26-38)44(54)50(4)39-27-17-34(18-28-39)45(55)51(5)40-29-19-35(20-30-40)46(56)57-41-9-7-6-8-10-41/h6-30,47H,1-5H3. The molecule has 0 spiro atoms. The fraction of sp³-hybridized carbons (Fsp3) is 0.109. The summed E-state index contributed by atoms with van der Waals surface area (Å²) in [5.41, 5.74) is 5.47. The van der Waals surface area contributed by atoms with Gasteiger partial charge in [-0.3, -0.25) is 19.2 Å². The van der Waals surface area contributed by atoms with Gasteiger partial charge in [-0.1, -0.05) is 18.2 Å². The van der Waals surface area contributed by atoms with Gasteiger partial charge in [-0.15, -0.1) is 0 Å². The topological polar surface area (TPSA) is 120 Å². The number of nitrogens with zero attached hydrogens (tertiary/aromatic N) is 4. The Hall–Kier alpha value is -7.53. The van der Waals surface area contributed by atoms with Crippen LogP contribution >= 0.6 is 0 Å². The third-order valence-electron chi connectivity index (χ3n) is 9.59. The van der Waals surface area contributed by atoms with E-state index in [1.807, 2.05) is 25.2 Å². The van der Waals surface area contributed by atoms with Crippen LogP contribution in [0.3, 0.4) is 0 Å². The molecule has 1 N–H and O–H groups in total. The third-order valence-corrected chi connectivity index (χ3v) is 9.59. The highest BCUT2D eigenvalue weighted by Gasteiger charge is 2.20. The Kier molecular flexibility index (Phi) is 11.9. The zero-order chi connectivity index (χ0) is 40.6. The molecule has 0 aliphatic carbocycles. The fourth-order valence-corrected chi connectivity index (χ4v) is 5.98. The van der Waals surface area contributed by atoms with Gasteiger partial charge in [-0.05, 0) is 133 Å². The molecule has 0 unspecified atom stereocenters. The molecule has 11 nitrogen and oxygen atoms in total. The molecule has 0 fully saturated rings. The van der Waals surface area contributed by atoms with E-state index in [2.05, 4.69) is 5.32 Å². The van der Waals surface area contributed by atoms with Crippen LogP contribution in [0, 0.1) is 0 Å². The van der Waals surface area contributed by atoms with Crippen molar-refractivity contribution in [3.05, 3.63) is 179 Å². The normalized spacial score (nSPS) is 10.5. The Balaban J connectivity index is 1.03. The number of anilines is 5. The van der Waals surface area contributed by atoms with E-state index in [0.29, 0.717) is 56.3 Å². The van der Waals surface area contributed by atoms with Gasteiger partial charge < -0.3 is 29.7 Å². The quantitative estimate of drug-likeness (QED) is 0.105. The average Bonchev–Trinajstić information content (AvgIpc) is 3.27. The second-order valence-electron chi connectivity index (χ2n) is 13.2.